The highest BCUT2D eigenvalue weighted by atomic mass is 28.4. The van der Waals surface area contributed by atoms with Crippen LogP contribution in [0.5, 0.6) is 11.6 Å². The molecular weight excluding hydrogens is 639 g/mol. The molecule has 3 aliphatic carbocycles. The van der Waals surface area contributed by atoms with E-state index >= 15 is 9.59 Å². The number of nitrogens with two attached hydrogens (primary N) is 1. The SMILES string of the molecule is CC(C)(C)[Si](C)(C)O[C@]12C(=O)C3=C(O)c4c(cncc4OCc4ccccc4)C[C@H]3C[C@H]1[C@H](N)c1onc(OCc3ccccc3)c1C2=O. The number of ketones is 2. The van der Waals surface area contributed by atoms with Crippen LogP contribution < -0.4 is 15.2 Å². The molecule has 4 aromatic rings. The van der Waals surface area contributed by atoms with E-state index in [2.05, 4.69) is 10.1 Å². The summed E-state index contributed by atoms with van der Waals surface area (Å²) < 4.78 is 25.0. The fourth-order valence-corrected chi connectivity index (χ4v) is 8.54. The second kappa shape index (κ2) is 12.1. The summed E-state index contributed by atoms with van der Waals surface area (Å²) in [6.45, 7) is 10.5. The Bertz CT molecular complexity index is 1950. The molecule has 2 aromatic carbocycles. The van der Waals surface area contributed by atoms with Gasteiger partial charge in [0.1, 0.15) is 30.3 Å². The lowest BCUT2D eigenvalue weighted by Gasteiger charge is -2.53. The van der Waals surface area contributed by atoms with Crippen LogP contribution in [0.2, 0.25) is 18.1 Å². The number of fused-ring (bicyclic) bond motifs is 4. The van der Waals surface area contributed by atoms with Crippen molar-refractivity contribution in [2.75, 3.05) is 0 Å². The quantitative estimate of drug-likeness (QED) is 0.149. The molecule has 0 saturated heterocycles. The highest BCUT2D eigenvalue weighted by Gasteiger charge is 2.68. The van der Waals surface area contributed by atoms with Crippen molar-refractivity contribution in [2.45, 2.75) is 76.6 Å². The number of Topliss-reactive ketones (excluding diaryl/α,β-unsaturated/α-hetero) is 2. The summed E-state index contributed by atoms with van der Waals surface area (Å²) in [5.41, 5.74) is 8.04. The molecule has 3 aliphatic rings. The van der Waals surface area contributed by atoms with E-state index in [0.29, 0.717) is 24.2 Å². The van der Waals surface area contributed by atoms with Crippen molar-refractivity contribution in [1.82, 2.24) is 10.1 Å². The molecule has 49 heavy (non-hydrogen) atoms. The summed E-state index contributed by atoms with van der Waals surface area (Å²) in [7, 11) is -2.85. The van der Waals surface area contributed by atoms with E-state index in [-0.39, 0.29) is 46.8 Å². The number of rotatable bonds is 8. The first-order chi connectivity index (χ1) is 23.3. The predicted molar refractivity (Wildman–Crippen MR) is 184 cm³/mol. The van der Waals surface area contributed by atoms with E-state index in [0.717, 1.165) is 16.7 Å². The summed E-state index contributed by atoms with van der Waals surface area (Å²) in [6, 6.07) is 18.2. The number of nitrogens with zero attached hydrogens (tertiary/aromatic N) is 2. The molecule has 3 N–H and O–H groups in total. The minimum atomic E-state index is -2.85. The van der Waals surface area contributed by atoms with Crippen molar-refractivity contribution in [1.29, 1.82) is 0 Å². The lowest BCUT2D eigenvalue weighted by Crippen LogP contribution is -2.68. The maximum Gasteiger partial charge on any atom is 0.265 e. The molecule has 0 amide bonds. The zero-order valence-corrected chi connectivity index (χ0v) is 29.4. The van der Waals surface area contributed by atoms with Crippen LogP contribution in [0.3, 0.4) is 0 Å². The summed E-state index contributed by atoms with van der Waals surface area (Å²) in [4.78, 5) is 34.7. The van der Waals surface area contributed by atoms with E-state index in [1.165, 1.54) is 0 Å². The summed E-state index contributed by atoms with van der Waals surface area (Å²) in [6.07, 6.45) is 3.92. The number of carbonyl (C=O) groups is 2. The molecule has 1 fully saturated rings. The third kappa shape index (κ3) is 5.40. The first-order valence-corrected chi connectivity index (χ1v) is 19.5. The number of hydrogen-bond donors (Lipinski definition) is 2. The Hall–Kier alpha value is -4.58. The molecule has 1 saturated carbocycles. The number of carbonyl (C=O) groups excluding carboxylic acids is 2. The van der Waals surface area contributed by atoms with Gasteiger partial charge < -0.3 is 29.3 Å². The van der Waals surface area contributed by atoms with Crippen LogP contribution in [-0.4, -0.2) is 40.7 Å². The van der Waals surface area contributed by atoms with Gasteiger partial charge in [0, 0.05) is 17.7 Å². The predicted octanol–water partition coefficient (Wildman–Crippen LogP) is 6.91. The largest absolute Gasteiger partial charge is 0.507 e. The maximum atomic E-state index is 15.3. The van der Waals surface area contributed by atoms with Crippen molar-refractivity contribution in [2.24, 2.45) is 17.6 Å². The second-order valence-electron chi connectivity index (χ2n) is 14.7. The Balaban J connectivity index is 1.34. The van der Waals surface area contributed by atoms with E-state index < -0.39 is 43.4 Å². The Morgan fingerprint density at radius 2 is 1.57 bits per heavy atom. The monoisotopic (exact) mass is 679 g/mol. The van der Waals surface area contributed by atoms with Crippen LogP contribution in [0.1, 0.15) is 71.6 Å². The van der Waals surface area contributed by atoms with Gasteiger partial charge in [0.25, 0.3) is 5.88 Å². The van der Waals surface area contributed by atoms with Crippen LogP contribution in [-0.2, 0) is 28.9 Å². The molecule has 11 heteroatoms. The van der Waals surface area contributed by atoms with E-state index in [1.807, 2.05) is 94.5 Å². The number of ether oxygens (including phenoxy) is 2. The summed E-state index contributed by atoms with van der Waals surface area (Å²) in [5, 5.41) is 15.8. The summed E-state index contributed by atoms with van der Waals surface area (Å²) in [5.74, 6) is -2.16. The van der Waals surface area contributed by atoms with Gasteiger partial charge in [-0.15, -0.1) is 0 Å². The van der Waals surface area contributed by atoms with E-state index in [4.69, 9.17) is 24.2 Å². The minimum absolute atomic E-state index is 0.0116. The Labute approximate surface area is 286 Å². The molecule has 2 aromatic heterocycles. The molecule has 10 nitrogen and oxygen atoms in total. The van der Waals surface area contributed by atoms with Gasteiger partial charge in [0.15, 0.2) is 19.7 Å². The molecule has 0 unspecified atom stereocenters. The average molecular weight is 680 g/mol. The number of aliphatic hydroxyl groups is 1. The number of aromatic nitrogens is 2. The minimum Gasteiger partial charge on any atom is -0.507 e. The molecule has 7 rings (SSSR count). The maximum absolute atomic E-state index is 15.3. The average Bonchev–Trinajstić information content (AvgIpc) is 3.51. The smallest absolute Gasteiger partial charge is 0.265 e. The van der Waals surface area contributed by atoms with Gasteiger partial charge in [-0.2, -0.15) is 0 Å². The number of pyridine rings is 1. The van der Waals surface area contributed by atoms with E-state index in [9.17, 15) is 5.11 Å². The van der Waals surface area contributed by atoms with E-state index in [1.54, 1.807) is 12.4 Å². The van der Waals surface area contributed by atoms with Gasteiger partial charge in [-0.25, -0.2) is 0 Å². The van der Waals surface area contributed by atoms with Crippen molar-refractivity contribution in [3.8, 4) is 11.6 Å². The van der Waals surface area contributed by atoms with Gasteiger partial charge in [0.2, 0.25) is 11.6 Å². The van der Waals surface area contributed by atoms with Crippen LogP contribution in [0.15, 0.2) is 83.2 Å². The molecule has 4 atom stereocenters. The van der Waals surface area contributed by atoms with Gasteiger partial charge in [-0.05, 0) is 58.7 Å². The molecule has 0 aliphatic heterocycles. The first-order valence-electron chi connectivity index (χ1n) is 16.6. The highest BCUT2D eigenvalue weighted by molar-refractivity contribution is 6.74. The van der Waals surface area contributed by atoms with Crippen LogP contribution in [0, 0.1) is 11.8 Å². The van der Waals surface area contributed by atoms with Gasteiger partial charge in [-0.1, -0.05) is 81.4 Å². The lowest BCUT2D eigenvalue weighted by atomic mass is 9.57. The van der Waals surface area contributed by atoms with Crippen molar-refractivity contribution in [3.63, 3.8) is 0 Å². The Morgan fingerprint density at radius 3 is 2.20 bits per heavy atom. The van der Waals surface area contributed by atoms with Crippen LogP contribution >= 0.6 is 0 Å². The molecular formula is C38H41N3O7Si. The molecule has 2 heterocycles. The molecule has 0 radical (unpaired) electrons. The highest BCUT2D eigenvalue weighted by Crippen LogP contribution is 2.57. The number of aliphatic hydroxyl groups excluding tert-OH is 1. The third-order valence-electron chi connectivity index (χ3n) is 10.7. The van der Waals surface area contributed by atoms with Gasteiger partial charge >= 0.3 is 0 Å². The number of benzene rings is 2. The Kier molecular flexibility index (Phi) is 8.12. The standard InChI is InChI=1S/C38H41N3O7Si/c1-37(2,3)49(4,5)48-38-26(31(39)33-30(35(38)44)36(41-47-33)46-21-23-14-10-7-11-15-23)17-24-16-25-18-40-19-27(28(25)32(42)29(24)34(38)43)45-20-22-12-8-6-9-13-22/h6-15,18-19,24,26,31,42H,16-17,20-21,39H2,1-5H3/t24-,26-,31-,38-/m0/s1. The zero-order chi connectivity index (χ0) is 34.7. The molecule has 0 bridgehead atoms. The van der Waals surface area contributed by atoms with Gasteiger partial charge in [-0.3, -0.25) is 14.6 Å². The van der Waals surface area contributed by atoms with Crippen LogP contribution in [0.25, 0.3) is 5.76 Å². The normalized spacial score (nSPS) is 23.3. The van der Waals surface area contributed by atoms with Crippen molar-refractivity contribution in [3.05, 3.63) is 112 Å². The summed E-state index contributed by atoms with van der Waals surface area (Å²) >= 11 is 0. The lowest BCUT2D eigenvalue weighted by molar-refractivity contribution is -0.138. The Morgan fingerprint density at radius 1 is 0.939 bits per heavy atom. The fourth-order valence-electron chi connectivity index (χ4n) is 7.09. The van der Waals surface area contributed by atoms with Crippen molar-refractivity contribution >= 4 is 25.6 Å². The first kappa shape index (κ1) is 32.9. The third-order valence-corrected chi connectivity index (χ3v) is 15.1. The zero-order valence-electron chi connectivity index (χ0n) is 28.4. The number of hydrogen-bond acceptors (Lipinski definition) is 10. The van der Waals surface area contributed by atoms with Crippen molar-refractivity contribution < 1.29 is 33.1 Å². The molecule has 0 spiro atoms. The molecule has 254 valence electrons. The fraction of sp³-hybridized carbons (Fsp3) is 0.368. The topological polar surface area (TPSA) is 147 Å². The van der Waals surface area contributed by atoms with Crippen LogP contribution in [0.4, 0.5) is 0 Å². The van der Waals surface area contributed by atoms with Gasteiger partial charge in [0.05, 0.1) is 17.8 Å². The second-order valence-corrected chi connectivity index (χ2v) is 19.5.